The van der Waals surface area contributed by atoms with E-state index in [1.165, 1.54) is 0 Å². The Balaban J connectivity index is 2.97. The molecule has 0 spiro atoms. The van der Waals surface area contributed by atoms with Gasteiger partial charge < -0.3 is 5.73 Å². The SMILES string of the molecule is CCC(c1ncncc1I)C(C)N. The molecule has 0 bridgehead atoms. The van der Waals surface area contributed by atoms with Gasteiger partial charge in [-0.05, 0) is 35.9 Å². The largest absolute Gasteiger partial charge is 0.327 e. The molecule has 0 radical (unpaired) electrons. The van der Waals surface area contributed by atoms with Crippen molar-refractivity contribution in [3.8, 4) is 0 Å². The average molecular weight is 291 g/mol. The highest BCUT2D eigenvalue weighted by Gasteiger charge is 2.17. The molecule has 0 aliphatic rings. The minimum Gasteiger partial charge on any atom is -0.327 e. The molecule has 0 aliphatic heterocycles. The maximum atomic E-state index is 5.88. The summed E-state index contributed by atoms with van der Waals surface area (Å²) in [7, 11) is 0. The van der Waals surface area contributed by atoms with Gasteiger partial charge >= 0.3 is 0 Å². The Kier molecular flexibility index (Phi) is 4.05. The molecule has 0 aliphatic carbocycles. The van der Waals surface area contributed by atoms with E-state index in [2.05, 4.69) is 39.5 Å². The molecule has 1 rings (SSSR count). The van der Waals surface area contributed by atoms with Crippen molar-refractivity contribution in [1.82, 2.24) is 9.97 Å². The Labute approximate surface area is 92.3 Å². The minimum atomic E-state index is 0.147. The molecule has 0 amide bonds. The molecular formula is C9H14IN3. The second kappa shape index (κ2) is 4.85. The van der Waals surface area contributed by atoms with Gasteiger partial charge in [-0.25, -0.2) is 9.97 Å². The van der Waals surface area contributed by atoms with Crippen molar-refractivity contribution in [1.29, 1.82) is 0 Å². The van der Waals surface area contributed by atoms with Crippen LogP contribution in [0, 0.1) is 3.57 Å². The molecule has 2 N–H and O–H groups in total. The van der Waals surface area contributed by atoms with Gasteiger partial charge in [-0.2, -0.15) is 0 Å². The van der Waals surface area contributed by atoms with Crippen LogP contribution >= 0.6 is 22.6 Å². The van der Waals surface area contributed by atoms with Gasteiger partial charge in [0.25, 0.3) is 0 Å². The normalized spacial score (nSPS) is 15.4. The van der Waals surface area contributed by atoms with E-state index < -0.39 is 0 Å². The van der Waals surface area contributed by atoms with Crippen LogP contribution in [0.1, 0.15) is 31.9 Å². The average Bonchev–Trinajstić information content (AvgIpc) is 2.09. The van der Waals surface area contributed by atoms with Gasteiger partial charge in [0.15, 0.2) is 0 Å². The van der Waals surface area contributed by atoms with E-state index in [9.17, 15) is 0 Å². The van der Waals surface area contributed by atoms with Crippen LogP contribution in [0.3, 0.4) is 0 Å². The zero-order valence-corrected chi connectivity index (χ0v) is 10.0. The van der Waals surface area contributed by atoms with E-state index in [1.54, 1.807) is 6.33 Å². The molecule has 3 nitrogen and oxygen atoms in total. The summed E-state index contributed by atoms with van der Waals surface area (Å²) in [6.45, 7) is 4.15. The van der Waals surface area contributed by atoms with E-state index >= 15 is 0 Å². The molecular weight excluding hydrogens is 277 g/mol. The summed E-state index contributed by atoms with van der Waals surface area (Å²) in [6.07, 6.45) is 4.43. The minimum absolute atomic E-state index is 0.147. The van der Waals surface area contributed by atoms with Crippen LogP contribution < -0.4 is 5.73 Å². The fraction of sp³-hybridized carbons (Fsp3) is 0.556. The van der Waals surface area contributed by atoms with Crippen LogP contribution in [0.2, 0.25) is 0 Å². The Morgan fingerprint density at radius 3 is 2.77 bits per heavy atom. The lowest BCUT2D eigenvalue weighted by atomic mass is 9.95. The van der Waals surface area contributed by atoms with Crippen molar-refractivity contribution in [3.05, 3.63) is 21.8 Å². The van der Waals surface area contributed by atoms with Crippen LogP contribution in [-0.2, 0) is 0 Å². The molecule has 1 heterocycles. The van der Waals surface area contributed by atoms with Crippen LogP contribution in [0.4, 0.5) is 0 Å². The van der Waals surface area contributed by atoms with Gasteiger partial charge in [0.2, 0.25) is 0 Å². The highest BCUT2D eigenvalue weighted by molar-refractivity contribution is 14.1. The topological polar surface area (TPSA) is 51.8 Å². The summed E-state index contributed by atoms with van der Waals surface area (Å²) in [6, 6.07) is 0.147. The summed E-state index contributed by atoms with van der Waals surface area (Å²) in [5.74, 6) is 0.342. The maximum Gasteiger partial charge on any atom is 0.115 e. The van der Waals surface area contributed by atoms with Crippen molar-refractivity contribution in [2.24, 2.45) is 5.73 Å². The van der Waals surface area contributed by atoms with Crippen LogP contribution in [-0.4, -0.2) is 16.0 Å². The first-order chi connectivity index (χ1) is 6.16. The van der Waals surface area contributed by atoms with Crippen LogP contribution in [0.5, 0.6) is 0 Å². The second-order valence-electron chi connectivity index (χ2n) is 3.13. The number of aromatic nitrogens is 2. The zero-order chi connectivity index (χ0) is 9.84. The number of hydrogen-bond donors (Lipinski definition) is 1. The van der Waals surface area contributed by atoms with Crippen molar-refractivity contribution in [3.63, 3.8) is 0 Å². The molecule has 0 saturated carbocycles. The molecule has 4 heteroatoms. The fourth-order valence-corrected chi connectivity index (χ4v) is 2.11. The number of halogens is 1. The lowest BCUT2D eigenvalue weighted by Gasteiger charge is -2.18. The first-order valence-corrected chi connectivity index (χ1v) is 5.45. The fourth-order valence-electron chi connectivity index (χ4n) is 1.41. The molecule has 13 heavy (non-hydrogen) atoms. The lowest BCUT2D eigenvalue weighted by Crippen LogP contribution is -2.25. The summed E-state index contributed by atoms with van der Waals surface area (Å²) in [5, 5.41) is 0. The molecule has 2 atom stereocenters. The molecule has 1 aromatic heterocycles. The van der Waals surface area contributed by atoms with E-state index in [0.717, 1.165) is 15.7 Å². The van der Waals surface area contributed by atoms with Gasteiger partial charge in [0, 0.05) is 18.2 Å². The summed E-state index contributed by atoms with van der Waals surface area (Å²) < 4.78 is 1.10. The first kappa shape index (κ1) is 10.8. The van der Waals surface area contributed by atoms with Gasteiger partial charge in [0.05, 0.1) is 9.26 Å². The predicted molar refractivity (Wildman–Crippen MR) is 61.4 cm³/mol. The van der Waals surface area contributed by atoms with E-state index in [1.807, 2.05) is 13.1 Å². The van der Waals surface area contributed by atoms with Gasteiger partial charge in [-0.3, -0.25) is 0 Å². The van der Waals surface area contributed by atoms with E-state index in [0.29, 0.717) is 5.92 Å². The third kappa shape index (κ3) is 2.60. The summed E-state index contributed by atoms with van der Waals surface area (Å²) in [4.78, 5) is 8.23. The quantitative estimate of drug-likeness (QED) is 0.866. The number of nitrogens with two attached hydrogens (primary N) is 1. The highest BCUT2D eigenvalue weighted by atomic mass is 127. The van der Waals surface area contributed by atoms with Crippen LogP contribution in [0.25, 0.3) is 0 Å². The number of rotatable bonds is 3. The van der Waals surface area contributed by atoms with E-state index in [-0.39, 0.29) is 6.04 Å². The van der Waals surface area contributed by atoms with Crippen molar-refractivity contribution >= 4 is 22.6 Å². The zero-order valence-electron chi connectivity index (χ0n) is 7.87. The molecule has 2 unspecified atom stereocenters. The van der Waals surface area contributed by atoms with Gasteiger partial charge in [-0.15, -0.1) is 0 Å². The lowest BCUT2D eigenvalue weighted by molar-refractivity contribution is 0.536. The molecule has 0 saturated heterocycles. The van der Waals surface area contributed by atoms with Gasteiger partial charge in [-0.1, -0.05) is 6.92 Å². The predicted octanol–water partition coefficient (Wildman–Crippen LogP) is 1.92. The number of hydrogen-bond acceptors (Lipinski definition) is 3. The Hall–Kier alpha value is -0.230. The Morgan fingerprint density at radius 2 is 2.31 bits per heavy atom. The monoisotopic (exact) mass is 291 g/mol. The molecule has 0 fully saturated rings. The third-order valence-electron chi connectivity index (χ3n) is 2.12. The van der Waals surface area contributed by atoms with Crippen molar-refractivity contribution in [2.45, 2.75) is 32.2 Å². The third-order valence-corrected chi connectivity index (χ3v) is 2.95. The highest BCUT2D eigenvalue weighted by Crippen LogP contribution is 2.23. The molecule has 1 aromatic rings. The van der Waals surface area contributed by atoms with Gasteiger partial charge in [0.1, 0.15) is 6.33 Å². The Morgan fingerprint density at radius 1 is 1.62 bits per heavy atom. The van der Waals surface area contributed by atoms with Crippen molar-refractivity contribution in [2.75, 3.05) is 0 Å². The first-order valence-electron chi connectivity index (χ1n) is 4.37. The van der Waals surface area contributed by atoms with E-state index in [4.69, 9.17) is 5.73 Å². The summed E-state index contributed by atoms with van der Waals surface area (Å²) >= 11 is 2.25. The number of nitrogens with zero attached hydrogens (tertiary/aromatic N) is 2. The Bertz CT molecular complexity index is 275. The molecule has 0 aromatic carbocycles. The standard InChI is InChI=1S/C9H14IN3/c1-3-7(6(2)11)9-8(10)4-12-5-13-9/h4-7H,3,11H2,1-2H3. The maximum absolute atomic E-state index is 5.88. The smallest absolute Gasteiger partial charge is 0.115 e. The second-order valence-corrected chi connectivity index (χ2v) is 4.29. The van der Waals surface area contributed by atoms with Crippen LogP contribution in [0.15, 0.2) is 12.5 Å². The molecule has 72 valence electrons. The van der Waals surface area contributed by atoms with Crippen molar-refractivity contribution < 1.29 is 0 Å². The summed E-state index contributed by atoms with van der Waals surface area (Å²) in [5.41, 5.74) is 6.96.